The van der Waals surface area contributed by atoms with Crippen molar-refractivity contribution in [3.8, 4) is 0 Å². The SMILES string of the molecule is CC(C)Sc1ncc(Cl)c(C(=O)Nc2sc3c(c2C(=O)NCc2ccco2)CCC3)n1. The average Bonchev–Trinajstić information content (AvgIpc) is 3.44. The first kappa shape index (κ1) is 21.9. The van der Waals surface area contributed by atoms with Crippen molar-refractivity contribution in [2.24, 2.45) is 0 Å². The largest absolute Gasteiger partial charge is 0.467 e. The lowest BCUT2D eigenvalue weighted by molar-refractivity contribution is 0.0948. The number of halogens is 1. The third-order valence-corrected chi connectivity index (χ3v) is 7.02. The second-order valence-corrected chi connectivity index (χ2v) is 10.3. The van der Waals surface area contributed by atoms with Crippen LogP contribution in [0.4, 0.5) is 5.00 Å². The number of thiophene rings is 1. The molecule has 3 heterocycles. The van der Waals surface area contributed by atoms with Crippen LogP contribution in [0.2, 0.25) is 5.02 Å². The summed E-state index contributed by atoms with van der Waals surface area (Å²) in [5.41, 5.74) is 1.61. The molecule has 2 N–H and O–H groups in total. The van der Waals surface area contributed by atoms with Gasteiger partial charge < -0.3 is 15.1 Å². The summed E-state index contributed by atoms with van der Waals surface area (Å²) in [4.78, 5) is 35.6. The number of hydrogen-bond donors (Lipinski definition) is 2. The van der Waals surface area contributed by atoms with Gasteiger partial charge in [-0.25, -0.2) is 9.97 Å². The van der Waals surface area contributed by atoms with E-state index in [0.717, 1.165) is 29.7 Å². The van der Waals surface area contributed by atoms with Gasteiger partial charge in [0, 0.05) is 10.1 Å². The molecule has 1 aliphatic carbocycles. The zero-order valence-electron chi connectivity index (χ0n) is 17.0. The number of fused-ring (bicyclic) bond motifs is 1. The Morgan fingerprint density at radius 2 is 2.16 bits per heavy atom. The van der Waals surface area contributed by atoms with Gasteiger partial charge in [-0.2, -0.15) is 0 Å². The fourth-order valence-corrected chi connectivity index (χ4v) is 5.48. The molecule has 0 fully saturated rings. The Hall–Kier alpha value is -2.36. The number of nitrogens with zero attached hydrogens (tertiary/aromatic N) is 2. The Labute approximate surface area is 193 Å². The van der Waals surface area contributed by atoms with Crippen LogP contribution in [0.5, 0.6) is 0 Å². The number of thioether (sulfide) groups is 1. The number of aryl methyl sites for hydroxylation is 1. The topological polar surface area (TPSA) is 97.1 Å². The molecule has 7 nitrogen and oxygen atoms in total. The van der Waals surface area contributed by atoms with Gasteiger partial charge in [-0.15, -0.1) is 11.3 Å². The summed E-state index contributed by atoms with van der Waals surface area (Å²) in [7, 11) is 0. The Morgan fingerprint density at radius 3 is 2.90 bits per heavy atom. The summed E-state index contributed by atoms with van der Waals surface area (Å²) in [6, 6.07) is 3.57. The van der Waals surface area contributed by atoms with Crippen molar-refractivity contribution in [3.63, 3.8) is 0 Å². The van der Waals surface area contributed by atoms with E-state index < -0.39 is 5.91 Å². The number of furan rings is 1. The van der Waals surface area contributed by atoms with E-state index in [9.17, 15) is 9.59 Å². The number of rotatable bonds is 7. The van der Waals surface area contributed by atoms with Crippen LogP contribution < -0.4 is 10.6 Å². The quantitative estimate of drug-likeness (QED) is 0.369. The highest BCUT2D eigenvalue weighted by Crippen LogP contribution is 2.39. The first-order chi connectivity index (χ1) is 14.9. The van der Waals surface area contributed by atoms with Gasteiger partial charge in [0.15, 0.2) is 10.9 Å². The highest BCUT2D eigenvalue weighted by Gasteiger charge is 2.28. The van der Waals surface area contributed by atoms with Gasteiger partial charge in [0.2, 0.25) is 0 Å². The Bertz CT molecular complexity index is 1110. The number of anilines is 1. The molecule has 10 heteroatoms. The minimum atomic E-state index is -0.460. The number of aromatic nitrogens is 2. The summed E-state index contributed by atoms with van der Waals surface area (Å²) < 4.78 is 5.29. The number of amides is 2. The smallest absolute Gasteiger partial charge is 0.276 e. The summed E-state index contributed by atoms with van der Waals surface area (Å²) in [5.74, 6) is -0.0392. The van der Waals surface area contributed by atoms with E-state index in [-0.39, 0.29) is 28.4 Å². The molecule has 2 amide bonds. The normalized spacial score (nSPS) is 12.8. The zero-order valence-corrected chi connectivity index (χ0v) is 19.4. The van der Waals surface area contributed by atoms with E-state index in [1.807, 2.05) is 13.8 Å². The third kappa shape index (κ3) is 4.94. The summed E-state index contributed by atoms with van der Waals surface area (Å²) in [5, 5.41) is 7.17. The van der Waals surface area contributed by atoms with Crippen LogP contribution in [0.25, 0.3) is 0 Å². The number of hydrogen-bond acceptors (Lipinski definition) is 7. The van der Waals surface area contributed by atoms with Crippen LogP contribution in [-0.4, -0.2) is 27.0 Å². The van der Waals surface area contributed by atoms with E-state index in [1.54, 1.807) is 18.4 Å². The highest BCUT2D eigenvalue weighted by molar-refractivity contribution is 7.99. The van der Waals surface area contributed by atoms with Crippen molar-refractivity contribution in [1.82, 2.24) is 15.3 Å². The van der Waals surface area contributed by atoms with E-state index >= 15 is 0 Å². The minimum Gasteiger partial charge on any atom is -0.467 e. The van der Waals surface area contributed by atoms with Gasteiger partial charge in [0.1, 0.15) is 10.8 Å². The minimum absolute atomic E-state index is 0.0929. The molecular weight excluding hydrogens is 456 g/mol. The second kappa shape index (κ2) is 9.42. The van der Waals surface area contributed by atoms with E-state index in [4.69, 9.17) is 16.0 Å². The summed E-state index contributed by atoms with van der Waals surface area (Å²) in [6.07, 6.45) is 5.71. The molecule has 0 unspecified atom stereocenters. The first-order valence-electron chi connectivity index (χ1n) is 9.88. The van der Waals surface area contributed by atoms with Gasteiger partial charge in [0.05, 0.1) is 29.6 Å². The van der Waals surface area contributed by atoms with Gasteiger partial charge in [-0.1, -0.05) is 37.2 Å². The molecule has 0 aliphatic heterocycles. The molecule has 0 saturated carbocycles. The van der Waals surface area contributed by atoms with Crippen molar-refractivity contribution in [3.05, 3.63) is 57.1 Å². The Balaban J connectivity index is 1.57. The maximum Gasteiger partial charge on any atom is 0.276 e. The predicted molar refractivity (Wildman–Crippen MR) is 122 cm³/mol. The van der Waals surface area contributed by atoms with Gasteiger partial charge in [0.25, 0.3) is 11.8 Å². The van der Waals surface area contributed by atoms with Crippen LogP contribution in [0.1, 0.15) is 57.3 Å². The lowest BCUT2D eigenvalue weighted by Crippen LogP contribution is -2.25. The maximum absolute atomic E-state index is 13.0. The molecule has 0 spiro atoms. The lowest BCUT2D eigenvalue weighted by Gasteiger charge is -2.10. The van der Waals surface area contributed by atoms with Crippen LogP contribution in [-0.2, 0) is 19.4 Å². The zero-order chi connectivity index (χ0) is 22.0. The van der Waals surface area contributed by atoms with Crippen molar-refractivity contribution in [1.29, 1.82) is 0 Å². The van der Waals surface area contributed by atoms with Crippen molar-refractivity contribution in [2.45, 2.75) is 50.1 Å². The van der Waals surface area contributed by atoms with E-state index in [2.05, 4.69) is 20.6 Å². The molecule has 3 aromatic heterocycles. The van der Waals surface area contributed by atoms with Crippen molar-refractivity contribution >= 4 is 51.5 Å². The molecule has 31 heavy (non-hydrogen) atoms. The molecule has 0 atom stereocenters. The predicted octanol–water partition coefficient (Wildman–Crippen LogP) is 4.96. The summed E-state index contributed by atoms with van der Waals surface area (Å²) in [6.45, 7) is 4.31. The number of carbonyl (C=O) groups is 2. The molecule has 0 aromatic carbocycles. The molecule has 4 rings (SSSR count). The fourth-order valence-electron chi connectivity index (χ4n) is 3.34. The van der Waals surface area contributed by atoms with E-state index in [0.29, 0.717) is 21.5 Å². The lowest BCUT2D eigenvalue weighted by atomic mass is 10.1. The van der Waals surface area contributed by atoms with Crippen molar-refractivity contribution < 1.29 is 14.0 Å². The molecule has 0 saturated heterocycles. The Kier molecular flexibility index (Phi) is 6.64. The van der Waals surface area contributed by atoms with Crippen LogP contribution in [0.15, 0.2) is 34.2 Å². The first-order valence-corrected chi connectivity index (χ1v) is 12.0. The number of carbonyl (C=O) groups excluding carboxylic acids is 2. The maximum atomic E-state index is 13.0. The second-order valence-electron chi connectivity index (χ2n) is 7.29. The molecule has 0 radical (unpaired) electrons. The van der Waals surface area contributed by atoms with Gasteiger partial charge in [-0.05, 0) is 37.0 Å². The van der Waals surface area contributed by atoms with Crippen LogP contribution in [0, 0.1) is 0 Å². The molecule has 162 valence electrons. The Morgan fingerprint density at radius 1 is 1.32 bits per heavy atom. The van der Waals surface area contributed by atoms with Crippen LogP contribution >= 0.6 is 34.7 Å². The molecule has 0 bridgehead atoms. The van der Waals surface area contributed by atoms with Crippen molar-refractivity contribution in [2.75, 3.05) is 5.32 Å². The van der Waals surface area contributed by atoms with Gasteiger partial charge in [-0.3, -0.25) is 9.59 Å². The van der Waals surface area contributed by atoms with E-state index in [1.165, 1.54) is 29.3 Å². The monoisotopic (exact) mass is 476 g/mol. The average molecular weight is 477 g/mol. The number of nitrogens with one attached hydrogen (secondary N) is 2. The van der Waals surface area contributed by atoms with Crippen LogP contribution in [0.3, 0.4) is 0 Å². The molecule has 3 aromatic rings. The highest BCUT2D eigenvalue weighted by atomic mass is 35.5. The van der Waals surface area contributed by atoms with Gasteiger partial charge >= 0.3 is 0 Å². The molecule has 1 aliphatic rings. The molecular formula is C21H21ClN4O3S2. The third-order valence-electron chi connectivity index (χ3n) is 4.66. The fraction of sp³-hybridized carbons (Fsp3) is 0.333. The standard InChI is InChI=1S/C21H21ClN4O3S2/c1-11(2)30-21-24-10-14(22)17(25-21)19(28)26-20-16(13-6-3-7-15(13)31-20)18(27)23-9-12-5-4-8-29-12/h4-5,8,10-11H,3,6-7,9H2,1-2H3,(H,23,27)(H,26,28). The summed E-state index contributed by atoms with van der Waals surface area (Å²) >= 11 is 9.08.